The van der Waals surface area contributed by atoms with Crippen molar-refractivity contribution in [2.45, 2.75) is 26.9 Å². The molecule has 0 unspecified atom stereocenters. The molecule has 2 aromatic carbocycles. The molecule has 3 heterocycles. The van der Waals surface area contributed by atoms with Crippen molar-refractivity contribution in [2.75, 3.05) is 11.4 Å². The Balaban J connectivity index is 1.71. The quantitative estimate of drug-likeness (QED) is 0.530. The Bertz CT molecular complexity index is 1410. The Hall–Kier alpha value is -3.61. The van der Waals surface area contributed by atoms with Crippen molar-refractivity contribution in [3.05, 3.63) is 86.1 Å². The van der Waals surface area contributed by atoms with Gasteiger partial charge in [0.05, 0.1) is 6.54 Å². The van der Waals surface area contributed by atoms with Crippen molar-refractivity contribution < 1.29 is 0 Å². The second-order valence-corrected chi connectivity index (χ2v) is 7.83. The second kappa shape index (κ2) is 6.73. The van der Waals surface area contributed by atoms with Crippen LogP contribution < -0.4 is 16.1 Å². The molecule has 30 heavy (non-hydrogen) atoms. The van der Waals surface area contributed by atoms with Gasteiger partial charge in [-0.25, -0.2) is 4.79 Å². The maximum atomic E-state index is 13.4. The number of hydrogen-bond donors (Lipinski definition) is 0. The summed E-state index contributed by atoms with van der Waals surface area (Å²) in [5, 5.41) is 0. The van der Waals surface area contributed by atoms with Gasteiger partial charge in [0, 0.05) is 25.8 Å². The molecule has 7 heteroatoms. The van der Waals surface area contributed by atoms with Gasteiger partial charge in [-0.15, -0.1) is 0 Å². The molecule has 0 amide bonds. The van der Waals surface area contributed by atoms with Crippen LogP contribution in [-0.4, -0.2) is 25.2 Å². The first-order valence-corrected chi connectivity index (χ1v) is 10.0. The fraction of sp³-hybridized carbons (Fsp3) is 0.261. The van der Waals surface area contributed by atoms with Crippen molar-refractivity contribution in [3.63, 3.8) is 0 Å². The van der Waals surface area contributed by atoms with Crippen molar-refractivity contribution >= 4 is 22.8 Å². The molecule has 1 aliphatic heterocycles. The van der Waals surface area contributed by atoms with Crippen LogP contribution in [0.25, 0.3) is 11.2 Å². The highest BCUT2D eigenvalue weighted by Crippen LogP contribution is 2.33. The minimum Gasteiger partial charge on any atom is -0.310 e. The monoisotopic (exact) mass is 401 g/mol. The van der Waals surface area contributed by atoms with Crippen LogP contribution in [0.5, 0.6) is 0 Å². The first kappa shape index (κ1) is 18.4. The Morgan fingerprint density at radius 2 is 1.63 bits per heavy atom. The SMILES string of the molecule is Cc1ccccc1Cn1c(=O)c2c(nc3n2CCN3c2ccccc2C)n(C)c1=O. The molecule has 0 atom stereocenters. The number of imidazole rings is 1. The van der Waals surface area contributed by atoms with Gasteiger partial charge in [-0.05, 0) is 36.6 Å². The van der Waals surface area contributed by atoms with Crippen molar-refractivity contribution in [1.29, 1.82) is 0 Å². The summed E-state index contributed by atoms with van der Waals surface area (Å²) in [5.41, 5.74) is 4.49. The third kappa shape index (κ3) is 2.62. The molecule has 0 N–H and O–H groups in total. The van der Waals surface area contributed by atoms with Crippen LogP contribution in [-0.2, 0) is 20.1 Å². The fourth-order valence-electron chi connectivity index (χ4n) is 4.27. The molecule has 0 bridgehead atoms. The van der Waals surface area contributed by atoms with E-state index in [-0.39, 0.29) is 17.8 Å². The lowest BCUT2D eigenvalue weighted by Crippen LogP contribution is -2.40. The van der Waals surface area contributed by atoms with Crippen molar-refractivity contribution in [2.24, 2.45) is 7.05 Å². The normalized spacial score (nSPS) is 13.2. The number of fused-ring (bicyclic) bond motifs is 3. The van der Waals surface area contributed by atoms with Gasteiger partial charge in [0.1, 0.15) is 0 Å². The van der Waals surface area contributed by atoms with Gasteiger partial charge in [-0.1, -0.05) is 42.5 Å². The van der Waals surface area contributed by atoms with Crippen LogP contribution in [0.3, 0.4) is 0 Å². The first-order valence-electron chi connectivity index (χ1n) is 10.0. The molecule has 0 spiro atoms. The number of hydrogen-bond acceptors (Lipinski definition) is 4. The lowest BCUT2D eigenvalue weighted by Gasteiger charge is -2.18. The molecule has 0 aliphatic carbocycles. The van der Waals surface area contributed by atoms with Gasteiger partial charge < -0.3 is 9.47 Å². The van der Waals surface area contributed by atoms with Crippen LogP contribution in [0.2, 0.25) is 0 Å². The Labute approximate surface area is 173 Å². The topological polar surface area (TPSA) is 65.1 Å². The van der Waals surface area contributed by atoms with Crippen LogP contribution in [0.4, 0.5) is 11.6 Å². The molecule has 0 fully saturated rings. The summed E-state index contributed by atoms with van der Waals surface area (Å²) in [5.74, 6) is 0.708. The smallest absolute Gasteiger partial charge is 0.310 e. The number of nitrogens with zero attached hydrogens (tertiary/aromatic N) is 5. The largest absolute Gasteiger partial charge is 0.332 e. The van der Waals surface area contributed by atoms with E-state index in [1.165, 1.54) is 9.13 Å². The highest BCUT2D eigenvalue weighted by atomic mass is 16.2. The summed E-state index contributed by atoms with van der Waals surface area (Å²) in [4.78, 5) is 33.3. The zero-order valence-electron chi connectivity index (χ0n) is 17.3. The van der Waals surface area contributed by atoms with Gasteiger partial charge in [0.15, 0.2) is 11.2 Å². The highest BCUT2D eigenvalue weighted by molar-refractivity contribution is 5.78. The number of anilines is 2. The average Bonchev–Trinajstić information content (AvgIpc) is 3.31. The van der Waals surface area contributed by atoms with E-state index in [9.17, 15) is 9.59 Å². The van der Waals surface area contributed by atoms with E-state index in [0.717, 1.165) is 28.9 Å². The van der Waals surface area contributed by atoms with Gasteiger partial charge in [0.25, 0.3) is 5.56 Å². The number of benzene rings is 2. The maximum absolute atomic E-state index is 13.4. The Morgan fingerprint density at radius 3 is 2.37 bits per heavy atom. The van der Waals surface area contributed by atoms with E-state index in [0.29, 0.717) is 23.7 Å². The standard InChI is InChI=1S/C23H23N5O2/c1-15-8-4-6-10-17(15)14-28-21(29)19-20(25(3)23(28)30)24-22-26(12-13-27(19)22)18-11-7-5-9-16(18)2/h4-11H,12-14H2,1-3H3. The van der Waals surface area contributed by atoms with Crippen molar-refractivity contribution in [3.8, 4) is 0 Å². The minimum atomic E-state index is -0.352. The molecule has 0 radical (unpaired) electrons. The summed E-state index contributed by atoms with van der Waals surface area (Å²) in [6, 6.07) is 15.9. The zero-order valence-corrected chi connectivity index (χ0v) is 17.3. The van der Waals surface area contributed by atoms with E-state index in [4.69, 9.17) is 4.98 Å². The first-order chi connectivity index (χ1) is 14.5. The lowest BCUT2D eigenvalue weighted by atomic mass is 10.1. The van der Waals surface area contributed by atoms with Crippen LogP contribution >= 0.6 is 0 Å². The number of para-hydroxylation sites is 1. The minimum absolute atomic E-state index is 0.246. The molecule has 2 aromatic heterocycles. The summed E-state index contributed by atoms with van der Waals surface area (Å²) in [6.45, 7) is 5.68. The van der Waals surface area contributed by atoms with Gasteiger partial charge >= 0.3 is 5.69 Å². The molecule has 7 nitrogen and oxygen atoms in total. The number of rotatable bonds is 3. The van der Waals surface area contributed by atoms with E-state index >= 15 is 0 Å². The zero-order chi connectivity index (χ0) is 21.0. The molecule has 152 valence electrons. The van der Waals surface area contributed by atoms with Gasteiger partial charge in [-0.3, -0.25) is 13.9 Å². The number of aryl methyl sites for hydroxylation is 3. The molecule has 5 rings (SSSR count). The maximum Gasteiger partial charge on any atom is 0.332 e. The molecule has 0 saturated carbocycles. The third-order valence-corrected chi connectivity index (χ3v) is 6.00. The van der Waals surface area contributed by atoms with E-state index < -0.39 is 0 Å². The Morgan fingerprint density at radius 1 is 0.933 bits per heavy atom. The van der Waals surface area contributed by atoms with Crippen molar-refractivity contribution in [1.82, 2.24) is 18.7 Å². The third-order valence-electron chi connectivity index (χ3n) is 6.00. The predicted molar refractivity (Wildman–Crippen MR) is 118 cm³/mol. The molecular formula is C23H23N5O2. The molecule has 0 saturated heterocycles. The average molecular weight is 401 g/mol. The van der Waals surface area contributed by atoms with Gasteiger partial charge in [-0.2, -0.15) is 4.98 Å². The van der Waals surface area contributed by atoms with Crippen LogP contribution in [0, 0.1) is 13.8 Å². The molecular weight excluding hydrogens is 378 g/mol. The van der Waals surface area contributed by atoms with Gasteiger partial charge in [0.2, 0.25) is 5.95 Å². The fourth-order valence-corrected chi connectivity index (χ4v) is 4.27. The van der Waals surface area contributed by atoms with E-state index in [2.05, 4.69) is 24.0 Å². The Kier molecular flexibility index (Phi) is 4.13. The lowest BCUT2D eigenvalue weighted by molar-refractivity contribution is 0.650. The van der Waals surface area contributed by atoms with E-state index in [1.807, 2.05) is 47.9 Å². The summed E-state index contributed by atoms with van der Waals surface area (Å²) in [7, 11) is 1.68. The summed E-state index contributed by atoms with van der Waals surface area (Å²) >= 11 is 0. The highest BCUT2D eigenvalue weighted by Gasteiger charge is 2.29. The van der Waals surface area contributed by atoms with Crippen LogP contribution in [0.1, 0.15) is 16.7 Å². The predicted octanol–water partition coefficient (Wildman–Crippen LogP) is 2.71. The molecule has 4 aromatic rings. The van der Waals surface area contributed by atoms with Crippen LogP contribution in [0.15, 0.2) is 58.1 Å². The van der Waals surface area contributed by atoms with E-state index in [1.54, 1.807) is 7.05 Å². The summed E-state index contributed by atoms with van der Waals surface area (Å²) in [6.07, 6.45) is 0. The number of aromatic nitrogens is 4. The summed E-state index contributed by atoms with van der Waals surface area (Å²) < 4.78 is 4.74. The molecule has 1 aliphatic rings. The second-order valence-electron chi connectivity index (χ2n) is 7.83.